The second-order valence-corrected chi connectivity index (χ2v) is 4.06. The van der Waals surface area contributed by atoms with Crippen molar-refractivity contribution >= 4 is 0 Å². The van der Waals surface area contributed by atoms with E-state index in [2.05, 4.69) is 18.4 Å². The summed E-state index contributed by atoms with van der Waals surface area (Å²) in [4.78, 5) is 2.53. The molecule has 0 aromatic carbocycles. The Kier molecular flexibility index (Phi) is 4.46. The van der Waals surface area contributed by atoms with Crippen LogP contribution in [0.1, 0.15) is 26.2 Å². The molecule has 1 heterocycles. The Bertz CT molecular complexity index is 165. The van der Waals surface area contributed by atoms with Crippen molar-refractivity contribution in [1.82, 2.24) is 4.90 Å². The monoisotopic (exact) mass is 182 g/mol. The minimum atomic E-state index is 0.655. The third-order valence-electron chi connectivity index (χ3n) is 2.92. The molecule has 0 saturated carbocycles. The quantitative estimate of drug-likeness (QED) is 0.669. The molecule has 13 heavy (non-hydrogen) atoms. The van der Waals surface area contributed by atoms with Gasteiger partial charge in [0, 0.05) is 13.1 Å². The zero-order chi connectivity index (χ0) is 9.68. The second kappa shape index (κ2) is 5.40. The standard InChI is InChI=1S/C11H22N2/c1-3-13-6-4-5-11(9-13)7-10(2)8-12/h11H,2-9,12H2,1H3. The molecule has 76 valence electrons. The fourth-order valence-corrected chi connectivity index (χ4v) is 2.10. The fraction of sp³-hybridized carbons (Fsp3) is 0.818. The van der Waals surface area contributed by atoms with Crippen LogP contribution in [-0.4, -0.2) is 31.1 Å². The lowest BCUT2D eigenvalue weighted by atomic mass is 9.92. The number of hydrogen-bond acceptors (Lipinski definition) is 2. The number of nitrogens with zero attached hydrogens (tertiary/aromatic N) is 1. The van der Waals surface area contributed by atoms with Gasteiger partial charge in [-0.1, -0.05) is 19.1 Å². The SMILES string of the molecule is C=C(CN)CC1CCCN(CC)C1. The van der Waals surface area contributed by atoms with E-state index in [1.54, 1.807) is 0 Å². The van der Waals surface area contributed by atoms with Gasteiger partial charge in [0.1, 0.15) is 0 Å². The zero-order valence-corrected chi connectivity index (χ0v) is 8.76. The molecule has 1 aliphatic rings. The van der Waals surface area contributed by atoms with Crippen LogP contribution in [0.25, 0.3) is 0 Å². The minimum Gasteiger partial charge on any atom is -0.327 e. The summed E-state index contributed by atoms with van der Waals surface area (Å²) in [7, 11) is 0. The molecule has 0 aromatic rings. The van der Waals surface area contributed by atoms with Crippen LogP contribution in [0.5, 0.6) is 0 Å². The van der Waals surface area contributed by atoms with Crippen LogP contribution in [0.2, 0.25) is 0 Å². The van der Waals surface area contributed by atoms with Crippen LogP contribution in [0.3, 0.4) is 0 Å². The number of hydrogen-bond donors (Lipinski definition) is 1. The summed E-state index contributed by atoms with van der Waals surface area (Å²) in [6.45, 7) is 10.6. The molecule has 0 bridgehead atoms. The van der Waals surface area contributed by atoms with Crippen molar-refractivity contribution in [3.8, 4) is 0 Å². The van der Waals surface area contributed by atoms with Gasteiger partial charge in [0.05, 0.1) is 0 Å². The highest BCUT2D eigenvalue weighted by Crippen LogP contribution is 2.21. The van der Waals surface area contributed by atoms with Gasteiger partial charge in [-0.25, -0.2) is 0 Å². The minimum absolute atomic E-state index is 0.655. The summed E-state index contributed by atoms with van der Waals surface area (Å²) < 4.78 is 0. The summed E-state index contributed by atoms with van der Waals surface area (Å²) in [5, 5.41) is 0. The first-order valence-electron chi connectivity index (χ1n) is 5.35. The molecule has 1 atom stereocenters. The average molecular weight is 182 g/mol. The lowest BCUT2D eigenvalue weighted by molar-refractivity contribution is 0.182. The molecule has 0 amide bonds. The Morgan fingerprint density at radius 3 is 3.00 bits per heavy atom. The van der Waals surface area contributed by atoms with E-state index >= 15 is 0 Å². The first-order valence-corrected chi connectivity index (χ1v) is 5.35. The maximum absolute atomic E-state index is 5.54. The summed E-state index contributed by atoms with van der Waals surface area (Å²) >= 11 is 0. The average Bonchev–Trinajstić information content (AvgIpc) is 2.18. The first kappa shape index (κ1) is 10.7. The molecule has 1 saturated heterocycles. The van der Waals surface area contributed by atoms with Crippen LogP contribution in [0.15, 0.2) is 12.2 Å². The largest absolute Gasteiger partial charge is 0.327 e. The van der Waals surface area contributed by atoms with E-state index in [4.69, 9.17) is 5.73 Å². The molecule has 0 radical (unpaired) electrons. The van der Waals surface area contributed by atoms with Gasteiger partial charge in [-0.15, -0.1) is 0 Å². The van der Waals surface area contributed by atoms with Gasteiger partial charge >= 0.3 is 0 Å². The zero-order valence-electron chi connectivity index (χ0n) is 8.76. The summed E-state index contributed by atoms with van der Waals surface area (Å²) in [6.07, 6.45) is 3.83. The van der Waals surface area contributed by atoms with Crippen LogP contribution in [0, 0.1) is 5.92 Å². The first-order chi connectivity index (χ1) is 6.26. The van der Waals surface area contributed by atoms with Crippen molar-refractivity contribution in [3.05, 3.63) is 12.2 Å². The Labute approximate surface area is 81.8 Å². The molecule has 1 aliphatic heterocycles. The molecule has 0 aromatic heterocycles. The van der Waals surface area contributed by atoms with Crippen LogP contribution < -0.4 is 5.73 Å². The molecule has 2 heteroatoms. The van der Waals surface area contributed by atoms with Crippen LogP contribution >= 0.6 is 0 Å². The van der Waals surface area contributed by atoms with E-state index in [-0.39, 0.29) is 0 Å². The smallest absolute Gasteiger partial charge is 0.0134 e. The molecule has 1 rings (SSSR count). The highest BCUT2D eigenvalue weighted by atomic mass is 15.1. The number of rotatable bonds is 4. The van der Waals surface area contributed by atoms with Gasteiger partial charge in [-0.3, -0.25) is 0 Å². The highest BCUT2D eigenvalue weighted by Gasteiger charge is 2.18. The van der Waals surface area contributed by atoms with Crippen molar-refractivity contribution in [3.63, 3.8) is 0 Å². The Balaban J connectivity index is 2.29. The van der Waals surface area contributed by atoms with Crippen LogP contribution in [-0.2, 0) is 0 Å². The second-order valence-electron chi connectivity index (χ2n) is 4.06. The number of nitrogens with two attached hydrogens (primary N) is 1. The van der Waals surface area contributed by atoms with E-state index in [9.17, 15) is 0 Å². The fourth-order valence-electron chi connectivity index (χ4n) is 2.10. The van der Waals surface area contributed by atoms with Crippen LogP contribution in [0.4, 0.5) is 0 Å². The molecule has 2 nitrogen and oxygen atoms in total. The maximum atomic E-state index is 5.54. The van der Waals surface area contributed by atoms with Crippen molar-refractivity contribution in [2.24, 2.45) is 11.7 Å². The predicted octanol–water partition coefficient (Wildman–Crippen LogP) is 1.62. The molecule has 0 aliphatic carbocycles. The molecular formula is C11H22N2. The Hall–Kier alpha value is -0.340. The summed E-state index contributed by atoms with van der Waals surface area (Å²) in [5.74, 6) is 0.810. The Morgan fingerprint density at radius 1 is 1.62 bits per heavy atom. The lowest BCUT2D eigenvalue weighted by Crippen LogP contribution is -2.35. The Morgan fingerprint density at radius 2 is 2.38 bits per heavy atom. The van der Waals surface area contributed by atoms with Gasteiger partial charge < -0.3 is 10.6 Å². The number of piperidine rings is 1. The molecular weight excluding hydrogens is 160 g/mol. The van der Waals surface area contributed by atoms with Gasteiger partial charge in [-0.2, -0.15) is 0 Å². The van der Waals surface area contributed by atoms with Crippen molar-refractivity contribution in [2.75, 3.05) is 26.2 Å². The van der Waals surface area contributed by atoms with Crippen molar-refractivity contribution < 1.29 is 0 Å². The third-order valence-corrected chi connectivity index (χ3v) is 2.92. The van der Waals surface area contributed by atoms with E-state index in [0.717, 1.165) is 12.3 Å². The van der Waals surface area contributed by atoms with Crippen molar-refractivity contribution in [2.45, 2.75) is 26.2 Å². The molecule has 0 spiro atoms. The van der Waals surface area contributed by atoms with E-state index in [0.29, 0.717) is 6.54 Å². The van der Waals surface area contributed by atoms with Gasteiger partial charge in [0.2, 0.25) is 0 Å². The molecule has 2 N–H and O–H groups in total. The lowest BCUT2D eigenvalue weighted by Gasteiger charge is -2.32. The summed E-state index contributed by atoms with van der Waals surface area (Å²) in [5.41, 5.74) is 6.75. The van der Waals surface area contributed by atoms with E-state index < -0.39 is 0 Å². The maximum Gasteiger partial charge on any atom is 0.0134 e. The highest BCUT2D eigenvalue weighted by molar-refractivity contribution is 4.98. The van der Waals surface area contributed by atoms with Gasteiger partial charge in [0.15, 0.2) is 0 Å². The normalized spacial score (nSPS) is 24.6. The van der Waals surface area contributed by atoms with E-state index in [1.807, 2.05) is 0 Å². The predicted molar refractivity (Wildman–Crippen MR) is 57.6 cm³/mol. The molecule has 1 fully saturated rings. The number of likely N-dealkylation sites (tertiary alicyclic amines) is 1. The summed E-state index contributed by atoms with van der Waals surface area (Å²) in [6, 6.07) is 0. The third kappa shape index (κ3) is 3.49. The topological polar surface area (TPSA) is 29.3 Å². The van der Waals surface area contributed by atoms with E-state index in [1.165, 1.54) is 38.0 Å². The van der Waals surface area contributed by atoms with Gasteiger partial charge in [0.25, 0.3) is 0 Å². The molecule has 1 unspecified atom stereocenters. The van der Waals surface area contributed by atoms with Gasteiger partial charge in [-0.05, 0) is 38.3 Å². The van der Waals surface area contributed by atoms with Crippen molar-refractivity contribution in [1.29, 1.82) is 0 Å².